The highest BCUT2D eigenvalue weighted by molar-refractivity contribution is 5.94. The summed E-state index contributed by atoms with van der Waals surface area (Å²) in [6.07, 6.45) is 4.47. The topological polar surface area (TPSA) is 114 Å². The van der Waals surface area contributed by atoms with E-state index in [4.69, 9.17) is 19.7 Å². The lowest BCUT2D eigenvalue weighted by Gasteiger charge is -2.36. The van der Waals surface area contributed by atoms with Gasteiger partial charge in [0.1, 0.15) is 17.4 Å². The number of piperidine rings is 1. The Kier molecular flexibility index (Phi) is 6.33. The van der Waals surface area contributed by atoms with E-state index in [1.165, 1.54) is 0 Å². The van der Waals surface area contributed by atoms with Gasteiger partial charge in [0.05, 0.1) is 13.2 Å². The fourth-order valence-corrected chi connectivity index (χ4v) is 5.62. The average Bonchev–Trinajstić information content (AvgIpc) is 2.93. The fraction of sp³-hybridized carbons (Fsp3) is 0.538. The van der Waals surface area contributed by atoms with Crippen molar-refractivity contribution in [2.45, 2.75) is 31.8 Å². The van der Waals surface area contributed by atoms with Crippen LogP contribution in [0.15, 0.2) is 18.5 Å². The smallest absolute Gasteiger partial charge is 0.228 e. The molecule has 2 saturated heterocycles. The van der Waals surface area contributed by atoms with E-state index in [0.717, 1.165) is 91.7 Å². The van der Waals surface area contributed by atoms with Crippen molar-refractivity contribution in [2.75, 3.05) is 74.7 Å². The highest BCUT2D eigenvalue weighted by atomic mass is 16.5. The Labute approximate surface area is 216 Å². The molecule has 3 aliphatic rings. The van der Waals surface area contributed by atoms with Gasteiger partial charge in [-0.15, -0.1) is 0 Å². The molecule has 2 N–H and O–H groups in total. The van der Waals surface area contributed by atoms with Crippen LogP contribution < -0.4 is 14.7 Å². The summed E-state index contributed by atoms with van der Waals surface area (Å²) in [5, 5.41) is 20.0. The number of rotatable bonds is 4. The summed E-state index contributed by atoms with van der Waals surface area (Å²) in [6.45, 7) is 5.93. The Balaban J connectivity index is 1.40. The van der Waals surface area contributed by atoms with Gasteiger partial charge in [0, 0.05) is 45.3 Å². The number of ether oxygens (including phenoxy) is 1. The van der Waals surface area contributed by atoms with Crippen LogP contribution in [0.3, 0.4) is 0 Å². The molecular formula is C26H34N8O3. The fourth-order valence-electron chi connectivity index (χ4n) is 5.62. The molecule has 1 aromatic carbocycles. The van der Waals surface area contributed by atoms with E-state index < -0.39 is 0 Å². The van der Waals surface area contributed by atoms with Crippen molar-refractivity contribution in [3.8, 4) is 11.5 Å². The summed E-state index contributed by atoms with van der Waals surface area (Å²) < 4.78 is 5.60. The lowest BCUT2D eigenvalue weighted by molar-refractivity contribution is 0.122. The molecule has 11 nitrogen and oxygen atoms in total. The van der Waals surface area contributed by atoms with Crippen molar-refractivity contribution in [3.05, 3.63) is 29.6 Å². The quantitative estimate of drug-likeness (QED) is 0.505. The summed E-state index contributed by atoms with van der Waals surface area (Å²) in [7, 11) is 4.29. The normalized spacial score (nSPS) is 19.1. The Morgan fingerprint density at radius 2 is 1.54 bits per heavy atom. The number of morpholine rings is 1. The minimum Gasteiger partial charge on any atom is -0.504 e. The maximum Gasteiger partial charge on any atom is 0.228 e. The van der Waals surface area contributed by atoms with Crippen LogP contribution in [0.25, 0.3) is 11.0 Å². The van der Waals surface area contributed by atoms with Crippen LogP contribution in [-0.4, -0.2) is 101 Å². The molecule has 0 aliphatic carbocycles. The third kappa shape index (κ3) is 4.57. The van der Waals surface area contributed by atoms with Crippen molar-refractivity contribution in [2.24, 2.45) is 0 Å². The first-order chi connectivity index (χ1) is 18.0. The summed E-state index contributed by atoms with van der Waals surface area (Å²) in [6, 6.07) is 3.88. The molecule has 3 aliphatic heterocycles. The second kappa shape index (κ2) is 9.79. The molecule has 3 aromatic rings. The Bertz CT molecular complexity index is 1290. The predicted molar refractivity (Wildman–Crippen MR) is 142 cm³/mol. The number of phenolic OH excluding ortho intramolecular Hbond substituents is 2. The lowest BCUT2D eigenvalue weighted by atomic mass is 9.99. The molecule has 2 aromatic heterocycles. The second-order valence-corrected chi connectivity index (χ2v) is 10.3. The zero-order valence-electron chi connectivity index (χ0n) is 21.5. The number of hydrogen-bond donors (Lipinski definition) is 2. The molecule has 0 radical (unpaired) electrons. The number of phenols is 2. The van der Waals surface area contributed by atoms with Gasteiger partial charge < -0.3 is 34.5 Å². The molecule has 0 bridgehead atoms. The van der Waals surface area contributed by atoms with E-state index in [2.05, 4.69) is 38.7 Å². The molecule has 196 valence electrons. The summed E-state index contributed by atoms with van der Waals surface area (Å²) in [5.41, 5.74) is 3.51. The number of nitrogens with zero attached hydrogens (tertiary/aromatic N) is 8. The van der Waals surface area contributed by atoms with E-state index in [0.29, 0.717) is 25.8 Å². The van der Waals surface area contributed by atoms with Gasteiger partial charge in [-0.1, -0.05) is 0 Å². The van der Waals surface area contributed by atoms with E-state index >= 15 is 0 Å². The molecule has 37 heavy (non-hydrogen) atoms. The molecule has 0 saturated carbocycles. The van der Waals surface area contributed by atoms with Crippen molar-refractivity contribution >= 4 is 28.6 Å². The van der Waals surface area contributed by atoms with Crippen molar-refractivity contribution in [3.63, 3.8) is 0 Å². The van der Waals surface area contributed by atoms with E-state index in [-0.39, 0.29) is 11.5 Å². The average molecular weight is 507 g/mol. The molecular weight excluding hydrogens is 472 g/mol. The van der Waals surface area contributed by atoms with Crippen LogP contribution in [0.1, 0.15) is 24.0 Å². The van der Waals surface area contributed by atoms with Gasteiger partial charge in [-0.05, 0) is 56.6 Å². The molecule has 0 atom stereocenters. The number of fused-ring (bicyclic) bond motifs is 2. The van der Waals surface area contributed by atoms with Crippen molar-refractivity contribution in [1.82, 2.24) is 24.8 Å². The first-order valence-electron chi connectivity index (χ1n) is 13.0. The van der Waals surface area contributed by atoms with Crippen LogP contribution in [0, 0.1) is 0 Å². The first-order valence-corrected chi connectivity index (χ1v) is 13.0. The lowest BCUT2D eigenvalue weighted by Crippen LogP contribution is -2.43. The maximum absolute atomic E-state index is 10.1. The van der Waals surface area contributed by atoms with Crippen LogP contribution in [0.5, 0.6) is 11.5 Å². The van der Waals surface area contributed by atoms with Crippen molar-refractivity contribution < 1.29 is 14.9 Å². The molecule has 0 unspecified atom stereocenters. The summed E-state index contributed by atoms with van der Waals surface area (Å²) in [5.74, 6) is 2.15. The highest BCUT2D eigenvalue weighted by Crippen LogP contribution is 2.36. The maximum atomic E-state index is 10.1. The van der Waals surface area contributed by atoms with E-state index in [1.807, 2.05) is 0 Å². The van der Waals surface area contributed by atoms with Crippen LogP contribution >= 0.6 is 0 Å². The zero-order valence-corrected chi connectivity index (χ0v) is 21.5. The standard InChI is InChI=1S/C26H34N8O3/c1-31(2)19-4-7-33(8-5-19)26-29-23-22(25(30-26)32-9-11-37-12-10-32)27-16-28-24(23)34-6-3-17-13-20(35)21(36)14-18(17)15-34/h13-14,16,19,35-36H,3-12,15H2,1-2H3. The minimum absolute atomic E-state index is 0.0785. The molecule has 6 rings (SSSR count). The number of hydrogen-bond acceptors (Lipinski definition) is 11. The molecule has 5 heterocycles. The first kappa shape index (κ1) is 23.9. The second-order valence-electron chi connectivity index (χ2n) is 10.3. The van der Waals surface area contributed by atoms with E-state index in [9.17, 15) is 10.2 Å². The molecule has 0 amide bonds. The zero-order chi connectivity index (χ0) is 25.5. The van der Waals surface area contributed by atoms with Gasteiger partial charge >= 0.3 is 0 Å². The Morgan fingerprint density at radius 3 is 2.27 bits per heavy atom. The van der Waals surface area contributed by atoms with Gasteiger partial charge in [0.15, 0.2) is 23.1 Å². The number of aromatic hydroxyl groups is 2. The number of anilines is 3. The Hall–Kier alpha value is -3.44. The largest absolute Gasteiger partial charge is 0.504 e. The van der Waals surface area contributed by atoms with Crippen LogP contribution in [0.2, 0.25) is 0 Å². The summed E-state index contributed by atoms with van der Waals surface area (Å²) in [4.78, 5) is 28.5. The third-order valence-corrected chi connectivity index (χ3v) is 7.83. The van der Waals surface area contributed by atoms with Crippen LogP contribution in [-0.2, 0) is 17.7 Å². The highest BCUT2D eigenvalue weighted by Gasteiger charge is 2.28. The van der Waals surface area contributed by atoms with Crippen molar-refractivity contribution in [1.29, 1.82) is 0 Å². The molecule has 2 fully saturated rings. The monoisotopic (exact) mass is 506 g/mol. The third-order valence-electron chi connectivity index (χ3n) is 7.83. The summed E-state index contributed by atoms with van der Waals surface area (Å²) >= 11 is 0. The SMILES string of the molecule is CN(C)C1CCN(c2nc(N3CCOCC3)c3ncnc(N4CCc5cc(O)c(O)cc5C4)c3n2)CC1. The predicted octanol–water partition coefficient (Wildman–Crippen LogP) is 1.76. The van der Waals surface area contributed by atoms with Gasteiger partial charge in [-0.3, -0.25) is 0 Å². The molecule has 11 heteroatoms. The van der Waals surface area contributed by atoms with Crippen LogP contribution in [0.4, 0.5) is 17.6 Å². The minimum atomic E-state index is -0.103. The number of aromatic nitrogens is 4. The number of benzene rings is 1. The van der Waals surface area contributed by atoms with Gasteiger partial charge in [-0.2, -0.15) is 4.98 Å². The van der Waals surface area contributed by atoms with Gasteiger partial charge in [0.25, 0.3) is 0 Å². The molecule has 0 spiro atoms. The van der Waals surface area contributed by atoms with Gasteiger partial charge in [0.2, 0.25) is 5.95 Å². The van der Waals surface area contributed by atoms with Gasteiger partial charge in [-0.25, -0.2) is 15.0 Å². The Morgan fingerprint density at radius 1 is 0.811 bits per heavy atom. The van der Waals surface area contributed by atoms with E-state index in [1.54, 1.807) is 18.5 Å².